The molecule has 0 spiro atoms. The van der Waals surface area contributed by atoms with Crippen molar-refractivity contribution in [2.24, 2.45) is 0 Å². The van der Waals surface area contributed by atoms with Crippen LogP contribution in [0.2, 0.25) is 0 Å². The van der Waals surface area contributed by atoms with Gasteiger partial charge in [-0.3, -0.25) is 19.6 Å². The van der Waals surface area contributed by atoms with Crippen LogP contribution in [-0.2, 0) is 83.8 Å². The Bertz CT molecular complexity index is 1450. The first-order valence-corrected chi connectivity index (χ1v) is 22.9. The summed E-state index contributed by atoms with van der Waals surface area (Å²) < 4.78 is 56.9. The van der Waals surface area contributed by atoms with Gasteiger partial charge in [0, 0.05) is 142 Å². The summed E-state index contributed by atoms with van der Waals surface area (Å²) in [6.07, 6.45) is 0. The highest BCUT2D eigenvalue weighted by Gasteiger charge is 2.15. The van der Waals surface area contributed by atoms with Gasteiger partial charge >= 0.3 is 0 Å². The van der Waals surface area contributed by atoms with Gasteiger partial charge in [0.25, 0.3) is 0 Å². The van der Waals surface area contributed by atoms with Gasteiger partial charge in [-0.25, -0.2) is 0 Å². The van der Waals surface area contributed by atoms with E-state index in [1.54, 1.807) is 56.9 Å². The van der Waals surface area contributed by atoms with Crippen molar-refractivity contribution in [3.63, 3.8) is 0 Å². The van der Waals surface area contributed by atoms with E-state index in [9.17, 15) is 0 Å². The van der Waals surface area contributed by atoms with Gasteiger partial charge in [0.15, 0.2) is 0 Å². The standard InChI is InChI=1S/C50H83N5O10/c1-51-35-42-26-47(40-64-49-31-43(36-52(10-18-56-2)11-19-57-3)28-44(32-49)37-53(12-20-58-4)13-21-59-5)30-48(27-42)41-65-50-33-45(38-54(14-22-60-6)15-23-61-7)29-46(34-50)39-55(16-24-62-8)17-25-63-9/h26-34,51H,10-25,35-41H2,1-9H3. The summed E-state index contributed by atoms with van der Waals surface area (Å²) in [5, 5.41) is 3.33. The molecule has 0 atom stereocenters. The van der Waals surface area contributed by atoms with Crippen LogP contribution in [0.3, 0.4) is 0 Å². The van der Waals surface area contributed by atoms with Crippen molar-refractivity contribution >= 4 is 0 Å². The van der Waals surface area contributed by atoms with Crippen LogP contribution in [-0.4, -0.2) is 189 Å². The first-order valence-electron chi connectivity index (χ1n) is 22.9. The van der Waals surface area contributed by atoms with E-state index in [1.807, 2.05) is 7.05 Å². The average molecular weight is 914 g/mol. The lowest BCUT2D eigenvalue weighted by Crippen LogP contribution is -2.31. The van der Waals surface area contributed by atoms with Crippen LogP contribution in [0.15, 0.2) is 54.6 Å². The highest BCUT2D eigenvalue weighted by Crippen LogP contribution is 2.25. The van der Waals surface area contributed by atoms with Crippen molar-refractivity contribution in [2.75, 3.05) is 169 Å². The molecule has 0 aliphatic heterocycles. The lowest BCUT2D eigenvalue weighted by molar-refractivity contribution is 0.109. The Morgan fingerprint density at radius 2 is 0.554 bits per heavy atom. The molecule has 0 fully saturated rings. The SMILES string of the molecule is CNCc1cc(COc2cc(CN(CCOC)CCOC)cc(CN(CCOC)CCOC)c2)cc(COc2cc(CN(CCOC)CCOC)cc(CN(CCOC)CCOC)c2)c1. The second-order valence-electron chi connectivity index (χ2n) is 16.3. The molecule has 0 bridgehead atoms. The van der Waals surface area contributed by atoms with E-state index < -0.39 is 0 Å². The molecule has 15 heteroatoms. The zero-order valence-electron chi connectivity index (χ0n) is 41.3. The fraction of sp³-hybridized carbons (Fsp3) is 0.640. The van der Waals surface area contributed by atoms with E-state index in [2.05, 4.69) is 79.5 Å². The average Bonchev–Trinajstić information content (AvgIpc) is 3.31. The molecular formula is C50H83N5O10. The molecule has 1 N–H and O–H groups in total. The topological polar surface area (TPSA) is 117 Å². The van der Waals surface area contributed by atoms with Crippen molar-refractivity contribution in [1.82, 2.24) is 24.9 Å². The number of hydrogen-bond acceptors (Lipinski definition) is 15. The number of benzene rings is 3. The van der Waals surface area contributed by atoms with Crippen LogP contribution in [0.5, 0.6) is 11.5 Å². The summed E-state index contributed by atoms with van der Waals surface area (Å²) in [4.78, 5) is 9.42. The lowest BCUT2D eigenvalue weighted by atomic mass is 10.1. The second-order valence-corrected chi connectivity index (χ2v) is 16.3. The summed E-state index contributed by atoms with van der Waals surface area (Å²) in [6.45, 7) is 16.0. The summed E-state index contributed by atoms with van der Waals surface area (Å²) >= 11 is 0. The van der Waals surface area contributed by atoms with Gasteiger partial charge in [-0.15, -0.1) is 0 Å². The molecule has 0 aromatic heterocycles. The maximum atomic E-state index is 6.69. The van der Waals surface area contributed by atoms with E-state index in [0.717, 1.165) is 113 Å². The Morgan fingerprint density at radius 1 is 0.323 bits per heavy atom. The fourth-order valence-corrected chi connectivity index (χ4v) is 7.51. The lowest BCUT2D eigenvalue weighted by Gasteiger charge is -2.24. The third-order valence-corrected chi connectivity index (χ3v) is 10.9. The monoisotopic (exact) mass is 914 g/mol. The second kappa shape index (κ2) is 35.0. The van der Waals surface area contributed by atoms with Gasteiger partial charge < -0.3 is 52.7 Å². The molecule has 0 aliphatic carbocycles. The Balaban J connectivity index is 1.93. The van der Waals surface area contributed by atoms with E-state index in [1.165, 1.54) is 22.3 Å². The predicted octanol–water partition coefficient (Wildman–Crippen LogP) is 4.94. The molecule has 3 rings (SSSR count). The van der Waals surface area contributed by atoms with Crippen LogP contribution in [0, 0.1) is 0 Å². The minimum Gasteiger partial charge on any atom is -0.489 e. The Morgan fingerprint density at radius 3 is 0.785 bits per heavy atom. The predicted molar refractivity (Wildman–Crippen MR) is 257 cm³/mol. The zero-order valence-corrected chi connectivity index (χ0v) is 41.3. The van der Waals surface area contributed by atoms with Crippen molar-refractivity contribution in [3.05, 3.63) is 93.5 Å². The molecule has 3 aromatic rings. The molecule has 0 saturated carbocycles. The normalized spacial score (nSPS) is 11.8. The Labute approximate surface area is 391 Å². The van der Waals surface area contributed by atoms with Gasteiger partial charge in [-0.2, -0.15) is 0 Å². The third kappa shape index (κ3) is 23.9. The maximum absolute atomic E-state index is 6.69. The zero-order chi connectivity index (χ0) is 46.9. The van der Waals surface area contributed by atoms with E-state index in [-0.39, 0.29) is 0 Å². The molecule has 0 radical (unpaired) electrons. The van der Waals surface area contributed by atoms with E-state index >= 15 is 0 Å². The first kappa shape index (κ1) is 56.1. The molecule has 368 valence electrons. The first-order chi connectivity index (χ1) is 31.8. The number of methoxy groups -OCH3 is 8. The van der Waals surface area contributed by atoms with Crippen LogP contribution < -0.4 is 14.8 Å². The van der Waals surface area contributed by atoms with Gasteiger partial charge in [0.2, 0.25) is 0 Å². The smallest absolute Gasteiger partial charge is 0.120 e. The number of hydrogen-bond donors (Lipinski definition) is 1. The third-order valence-electron chi connectivity index (χ3n) is 10.9. The number of ether oxygens (including phenoxy) is 10. The van der Waals surface area contributed by atoms with Gasteiger partial charge in [-0.1, -0.05) is 24.3 Å². The molecule has 0 amide bonds. The maximum Gasteiger partial charge on any atom is 0.120 e. The summed E-state index contributed by atoms with van der Waals surface area (Å²) in [5.41, 5.74) is 7.98. The summed E-state index contributed by atoms with van der Waals surface area (Å²) in [7, 11) is 15.9. The molecular weight excluding hydrogens is 831 g/mol. The molecule has 65 heavy (non-hydrogen) atoms. The Hall–Kier alpha value is -3.26. The fourth-order valence-electron chi connectivity index (χ4n) is 7.51. The summed E-state index contributed by atoms with van der Waals surface area (Å²) in [6, 6.07) is 19.8. The summed E-state index contributed by atoms with van der Waals surface area (Å²) in [5.74, 6) is 1.65. The van der Waals surface area contributed by atoms with Crippen molar-refractivity contribution < 1.29 is 47.4 Å². The van der Waals surface area contributed by atoms with Crippen molar-refractivity contribution in [2.45, 2.75) is 45.9 Å². The molecule has 0 heterocycles. The molecule has 3 aromatic carbocycles. The largest absolute Gasteiger partial charge is 0.489 e. The number of nitrogens with one attached hydrogen (secondary N) is 1. The number of rotatable bonds is 40. The minimum atomic E-state index is 0.402. The molecule has 0 unspecified atom stereocenters. The van der Waals surface area contributed by atoms with Crippen LogP contribution in [0.25, 0.3) is 0 Å². The number of nitrogens with zero attached hydrogens (tertiary/aromatic N) is 4. The molecule has 0 aliphatic rings. The molecule has 15 nitrogen and oxygen atoms in total. The van der Waals surface area contributed by atoms with Crippen LogP contribution in [0.1, 0.15) is 38.9 Å². The van der Waals surface area contributed by atoms with E-state index in [0.29, 0.717) is 66.1 Å². The van der Waals surface area contributed by atoms with Crippen LogP contribution in [0.4, 0.5) is 0 Å². The van der Waals surface area contributed by atoms with Gasteiger partial charge in [0.05, 0.1) is 52.9 Å². The van der Waals surface area contributed by atoms with Gasteiger partial charge in [0.1, 0.15) is 24.7 Å². The van der Waals surface area contributed by atoms with E-state index in [4.69, 9.17) is 47.4 Å². The quantitative estimate of drug-likeness (QED) is 0.0830. The van der Waals surface area contributed by atoms with Crippen molar-refractivity contribution in [1.29, 1.82) is 0 Å². The van der Waals surface area contributed by atoms with Gasteiger partial charge in [-0.05, 0) is 76.3 Å². The highest BCUT2D eigenvalue weighted by molar-refractivity contribution is 5.37. The highest BCUT2D eigenvalue weighted by atomic mass is 16.5. The molecule has 0 saturated heterocycles. The minimum absolute atomic E-state index is 0.402. The van der Waals surface area contributed by atoms with Crippen molar-refractivity contribution in [3.8, 4) is 11.5 Å². The van der Waals surface area contributed by atoms with Crippen LogP contribution >= 0.6 is 0 Å². The Kier molecular flexibility index (Phi) is 30.2.